The molecular weight excluding hydrogens is 386 g/mol. The number of amides is 1. The summed E-state index contributed by atoms with van der Waals surface area (Å²) in [7, 11) is 3.09. The molecule has 2 aromatic carbocycles. The van der Waals surface area contributed by atoms with Crippen molar-refractivity contribution in [3.63, 3.8) is 0 Å². The summed E-state index contributed by atoms with van der Waals surface area (Å²) in [5.74, 6) is 0.601. The number of anilines is 1. The summed E-state index contributed by atoms with van der Waals surface area (Å²) in [5, 5.41) is 13.0. The van der Waals surface area contributed by atoms with Gasteiger partial charge in [0.05, 0.1) is 19.2 Å². The summed E-state index contributed by atoms with van der Waals surface area (Å²) in [6.45, 7) is 0. The van der Waals surface area contributed by atoms with Gasteiger partial charge in [-0.05, 0) is 42.0 Å². The van der Waals surface area contributed by atoms with Crippen LogP contribution in [0.3, 0.4) is 0 Å². The van der Waals surface area contributed by atoms with Crippen LogP contribution in [0.2, 0.25) is 5.02 Å². The van der Waals surface area contributed by atoms with E-state index >= 15 is 0 Å². The number of benzene rings is 2. The SMILES string of the molecule is COc1ccc([C@H]2NC(=O)C(C#N)=C(S)N2c2ccc(Cl)cc2)cc1OC. The number of nitrogens with zero attached hydrogens (tertiary/aromatic N) is 2. The fraction of sp³-hybridized carbons (Fsp3) is 0.158. The molecule has 0 radical (unpaired) electrons. The van der Waals surface area contributed by atoms with E-state index in [0.29, 0.717) is 16.5 Å². The van der Waals surface area contributed by atoms with Crippen molar-refractivity contribution in [3.05, 3.63) is 63.7 Å². The molecule has 0 saturated heterocycles. The van der Waals surface area contributed by atoms with E-state index in [1.807, 2.05) is 12.1 Å². The maximum atomic E-state index is 12.4. The van der Waals surface area contributed by atoms with Gasteiger partial charge in [-0.15, -0.1) is 12.6 Å². The first-order valence-electron chi connectivity index (χ1n) is 7.91. The van der Waals surface area contributed by atoms with E-state index in [9.17, 15) is 10.1 Å². The molecule has 27 heavy (non-hydrogen) atoms. The predicted octanol–water partition coefficient (Wildman–Crippen LogP) is 3.66. The lowest BCUT2D eigenvalue weighted by molar-refractivity contribution is -0.118. The smallest absolute Gasteiger partial charge is 0.266 e. The Balaban J connectivity index is 2.15. The maximum Gasteiger partial charge on any atom is 0.266 e. The third-order valence-electron chi connectivity index (χ3n) is 4.14. The van der Waals surface area contributed by atoms with E-state index in [-0.39, 0.29) is 10.6 Å². The fourth-order valence-electron chi connectivity index (χ4n) is 2.83. The number of hydrogen-bond acceptors (Lipinski definition) is 6. The van der Waals surface area contributed by atoms with Crippen molar-refractivity contribution in [2.45, 2.75) is 6.17 Å². The Morgan fingerprint density at radius 3 is 2.41 bits per heavy atom. The lowest BCUT2D eigenvalue weighted by Crippen LogP contribution is -2.46. The van der Waals surface area contributed by atoms with Crippen LogP contribution < -0.4 is 19.7 Å². The highest BCUT2D eigenvalue weighted by atomic mass is 35.5. The maximum absolute atomic E-state index is 12.4. The van der Waals surface area contributed by atoms with Crippen LogP contribution in [0.1, 0.15) is 11.7 Å². The molecule has 2 aromatic rings. The van der Waals surface area contributed by atoms with Gasteiger partial charge in [-0.3, -0.25) is 4.79 Å². The number of carbonyl (C=O) groups excluding carboxylic acids is 1. The molecule has 1 heterocycles. The average molecular weight is 402 g/mol. The summed E-state index contributed by atoms with van der Waals surface area (Å²) in [5.41, 5.74) is 1.39. The van der Waals surface area contributed by atoms with Crippen molar-refractivity contribution in [1.29, 1.82) is 5.26 Å². The second-order valence-corrected chi connectivity index (χ2v) is 6.51. The van der Waals surface area contributed by atoms with E-state index in [0.717, 1.165) is 11.3 Å². The number of nitriles is 1. The Kier molecular flexibility index (Phi) is 5.49. The van der Waals surface area contributed by atoms with Gasteiger partial charge in [0.1, 0.15) is 17.8 Å². The van der Waals surface area contributed by atoms with Gasteiger partial charge < -0.3 is 19.7 Å². The van der Waals surface area contributed by atoms with Crippen molar-refractivity contribution in [3.8, 4) is 17.6 Å². The van der Waals surface area contributed by atoms with Gasteiger partial charge in [0, 0.05) is 10.7 Å². The van der Waals surface area contributed by atoms with E-state index < -0.39 is 12.1 Å². The first-order chi connectivity index (χ1) is 13.0. The van der Waals surface area contributed by atoms with Crippen LogP contribution in [-0.4, -0.2) is 20.1 Å². The normalized spacial score (nSPS) is 16.6. The van der Waals surface area contributed by atoms with Crippen molar-refractivity contribution >= 4 is 35.8 Å². The number of thiol groups is 1. The monoisotopic (exact) mass is 401 g/mol. The Hall–Kier alpha value is -2.82. The third-order valence-corrected chi connectivity index (χ3v) is 4.84. The highest BCUT2D eigenvalue weighted by Gasteiger charge is 2.34. The second kappa shape index (κ2) is 7.82. The largest absolute Gasteiger partial charge is 0.493 e. The van der Waals surface area contributed by atoms with Crippen LogP contribution >= 0.6 is 24.2 Å². The minimum absolute atomic E-state index is 0.0648. The van der Waals surface area contributed by atoms with Crippen LogP contribution in [0.5, 0.6) is 11.5 Å². The zero-order valence-electron chi connectivity index (χ0n) is 14.6. The van der Waals surface area contributed by atoms with Crippen LogP contribution in [0, 0.1) is 11.3 Å². The van der Waals surface area contributed by atoms with Gasteiger partial charge >= 0.3 is 0 Å². The van der Waals surface area contributed by atoms with Crippen molar-refractivity contribution < 1.29 is 14.3 Å². The van der Waals surface area contributed by atoms with Gasteiger partial charge in [-0.25, -0.2) is 0 Å². The molecule has 1 atom stereocenters. The Labute approximate surface area is 167 Å². The summed E-state index contributed by atoms with van der Waals surface area (Å²) in [4.78, 5) is 14.1. The van der Waals surface area contributed by atoms with Crippen LogP contribution in [0.25, 0.3) is 0 Å². The molecule has 6 nitrogen and oxygen atoms in total. The van der Waals surface area contributed by atoms with Crippen molar-refractivity contribution in [2.75, 3.05) is 19.1 Å². The van der Waals surface area contributed by atoms with Gasteiger partial charge in [0.15, 0.2) is 11.5 Å². The third kappa shape index (κ3) is 3.54. The summed E-state index contributed by atoms with van der Waals surface area (Å²) < 4.78 is 10.6. The molecule has 3 rings (SSSR count). The number of rotatable bonds is 4. The lowest BCUT2D eigenvalue weighted by atomic mass is 10.1. The van der Waals surface area contributed by atoms with E-state index in [4.69, 9.17) is 21.1 Å². The molecule has 0 fully saturated rings. The first kappa shape index (κ1) is 19.0. The molecule has 0 saturated carbocycles. The Bertz CT molecular complexity index is 954. The highest BCUT2D eigenvalue weighted by molar-refractivity contribution is 7.84. The Morgan fingerprint density at radius 2 is 1.81 bits per heavy atom. The second-order valence-electron chi connectivity index (χ2n) is 5.65. The number of halogens is 1. The molecule has 0 aliphatic carbocycles. The summed E-state index contributed by atoms with van der Waals surface area (Å²) in [6.07, 6.45) is -0.594. The number of ether oxygens (including phenoxy) is 2. The highest BCUT2D eigenvalue weighted by Crippen LogP contribution is 2.38. The molecular formula is C19H16ClN3O3S. The minimum atomic E-state index is -0.594. The number of methoxy groups -OCH3 is 2. The topological polar surface area (TPSA) is 74.6 Å². The molecule has 1 amide bonds. The number of hydrogen-bond donors (Lipinski definition) is 2. The summed E-state index contributed by atoms with van der Waals surface area (Å²) >= 11 is 10.4. The van der Waals surface area contributed by atoms with Gasteiger partial charge in [0.25, 0.3) is 5.91 Å². The van der Waals surface area contributed by atoms with Crippen LogP contribution in [0.4, 0.5) is 5.69 Å². The quantitative estimate of drug-likeness (QED) is 0.765. The van der Waals surface area contributed by atoms with Gasteiger partial charge in [-0.2, -0.15) is 5.26 Å². The zero-order valence-corrected chi connectivity index (χ0v) is 16.2. The Morgan fingerprint density at radius 1 is 1.15 bits per heavy atom. The molecule has 138 valence electrons. The summed E-state index contributed by atoms with van der Waals surface area (Å²) in [6, 6.07) is 14.3. The molecule has 0 spiro atoms. The van der Waals surface area contributed by atoms with Crippen LogP contribution in [0.15, 0.2) is 53.1 Å². The average Bonchev–Trinajstić information content (AvgIpc) is 2.68. The molecule has 8 heteroatoms. The minimum Gasteiger partial charge on any atom is -0.493 e. The first-order valence-corrected chi connectivity index (χ1v) is 8.73. The number of nitrogens with one attached hydrogen (secondary N) is 1. The van der Waals surface area contributed by atoms with Gasteiger partial charge in [-0.1, -0.05) is 17.7 Å². The molecule has 1 aliphatic heterocycles. The molecule has 0 unspecified atom stereocenters. The van der Waals surface area contributed by atoms with E-state index in [1.165, 1.54) is 7.11 Å². The fourth-order valence-corrected chi connectivity index (χ4v) is 3.34. The van der Waals surface area contributed by atoms with E-state index in [1.54, 1.807) is 48.4 Å². The molecule has 1 N–H and O–H groups in total. The number of carbonyl (C=O) groups is 1. The molecule has 1 aliphatic rings. The lowest BCUT2D eigenvalue weighted by Gasteiger charge is -2.38. The predicted molar refractivity (Wildman–Crippen MR) is 106 cm³/mol. The van der Waals surface area contributed by atoms with Gasteiger partial charge in [0.2, 0.25) is 0 Å². The zero-order chi connectivity index (χ0) is 19.6. The van der Waals surface area contributed by atoms with Crippen LogP contribution in [-0.2, 0) is 4.79 Å². The standard InChI is InChI=1S/C19H16ClN3O3S/c1-25-15-8-3-11(9-16(15)26-2)17-22-18(24)14(10-21)19(27)23(17)13-6-4-12(20)5-7-13/h3-9,17,27H,1-2H3,(H,22,24)/t17-/m0/s1. The molecule has 0 aromatic heterocycles. The molecule has 0 bridgehead atoms. The van der Waals surface area contributed by atoms with Crippen molar-refractivity contribution in [1.82, 2.24) is 5.32 Å². The van der Waals surface area contributed by atoms with E-state index in [2.05, 4.69) is 17.9 Å². The van der Waals surface area contributed by atoms with Crippen molar-refractivity contribution in [2.24, 2.45) is 0 Å².